The minimum atomic E-state index is -0.215. The summed E-state index contributed by atoms with van der Waals surface area (Å²) in [5, 5.41) is 21.8. The number of phenols is 2. The highest BCUT2D eigenvalue weighted by molar-refractivity contribution is 5.91. The molecule has 0 saturated heterocycles. The van der Waals surface area contributed by atoms with Crippen molar-refractivity contribution in [3.63, 3.8) is 0 Å². The molecule has 5 nitrogen and oxygen atoms in total. The molecule has 2 aromatic carbocycles. The summed E-state index contributed by atoms with van der Waals surface area (Å²) in [4.78, 5) is 11.8. The van der Waals surface area contributed by atoms with Crippen LogP contribution < -0.4 is 10.1 Å². The molecule has 0 spiro atoms. The van der Waals surface area contributed by atoms with E-state index >= 15 is 0 Å². The molecule has 0 aliphatic rings. The lowest BCUT2D eigenvalue weighted by atomic mass is 10.1. The molecule has 0 atom stereocenters. The topological polar surface area (TPSA) is 78.8 Å². The lowest BCUT2D eigenvalue weighted by molar-refractivity contribution is -0.116. The van der Waals surface area contributed by atoms with Crippen molar-refractivity contribution in [3.8, 4) is 17.2 Å². The van der Waals surface area contributed by atoms with Crippen LogP contribution in [0.15, 0.2) is 42.5 Å². The molecule has 0 aliphatic heterocycles. The van der Waals surface area contributed by atoms with Crippen LogP contribution in [0, 0.1) is 6.92 Å². The van der Waals surface area contributed by atoms with Crippen molar-refractivity contribution in [2.45, 2.75) is 13.3 Å². The quantitative estimate of drug-likeness (QED) is 0.713. The molecule has 0 bridgehead atoms. The van der Waals surface area contributed by atoms with Crippen molar-refractivity contribution >= 4 is 12.0 Å². The van der Waals surface area contributed by atoms with Gasteiger partial charge in [-0.05, 0) is 54.8 Å². The van der Waals surface area contributed by atoms with Crippen molar-refractivity contribution in [3.05, 3.63) is 59.2 Å². The lowest BCUT2D eigenvalue weighted by Crippen LogP contribution is -2.23. The average Bonchev–Trinajstić information content (AvgIpc) is 2.57. The van der Waals surface area contributed by atoms with Crippen LogP contribution in [0.25, 0.3) is 6.08 Å². The molecule has 0 aliphatic carbocycles. The van der Waals surface area contributed by atoms with Gasteiger partial charge in [0.2, 0.25) is 5.91 Å². The molecule has 24 heavy (non-hydrogen) atoms. The van der Waals surface area contributed by atoms with Crippen LogP contribution in [0.1, 0.15) is 16.7 Å². The molecule has 1 amide bonds. The highest BCUT2D eigenvalue weighted by Crippen LogP contribution is 2.28. The van der Waals surface area contributed by atoms with Crippen molar-refractivity contribution in [2.24, 2.45) is 0 Å². The average molecular weight is 327 g/mol. The SMILES string of the molecule is COc1cc(/C=C/C(=O)NCCc2ccc(O)cc2)cc(O)c1C. The second kappa shape index (κ2) is 8.06. The summed E-state index contributed by atoms with van der Waals surface area (Å²) in [6.45, 7) is 2.26. The van der Waals surface area contributed by atoms with E-state index in [1.165, 1.54) is 13.2 Å². The summed E-state index contributed by atoms with van der Waals surface area (Å²) >= 11 is 0. The maximum Gasteiger partial charge on any atom is 0.244 e. The van der Waals surface area contributed by atoms with Crippen molar-refractivity contribution in [1.82, 2.24) is 5.32 Å². The Morgan fingerprint density at radius 3 is 2.58 bits per heavy atom. The number of rotatable bonds is 6. The maximum atomic E-state index is 11.8. The van der Waals surface area contributed by atoms with Crippen LogP contribution in [0.4, 0.5) is 0 Å². The Hall–Kier alpha value is -2.95. The normalized spacial score (nSPS) is 10.8. The number of hydrogen-bond acceptors (Lipinski definition) is 4. The van der Waals surface area contributed by atoms with E-state index in [1.54, 1.807) is 37.3 Å². The van der Waals surface area contributed by atoms with Gasteiger partial charge in [-0.3, -0.25) is 4.79 Å². The fourth-order valence-electron chi connectivity index (χ4n) is 2.23. The van der Waals surface area contributed by atoms with Crippen molar-refractivity contribution in [2.75, 3.05) is 13.7 Å². The van der Waals surface area contributed by atoms with Gasteiger partial charge >= 0.3 is 0 Å². The molecule has 2 aromatic rings. The number of phenolic OH excluding ortho intramolecular Hbond substituents is 2. The molecule has 0 saturated carbocycles. The van der Waals surface area contributed by atoms with Gasteiger partial charge < -0.3 is 20.3 Å². The van der Waals surface area contributed by atoms with E-state index in [2.05, 4.69) is 5.32 Å². The van der Waals surface area contributed by atoms with Gasteiger partial charge in [0.15, 0.2) is 0 Å². The number of methoxy groups -OCH3 is 1. The Balaban J connectivity index is 1.89. The van der Waals surface area contributed by atoms with E-state index < -0.39 is 0 Å². The highest BCUT2D eigenvalue weighted by atomic mass is 16.5. The molecule has 2 rings (SSSR count). The molecule has 0 radical (unpaired) electrons. The number of aromatic hydroxyl groups is 2. The van der Waals surface area contributed by atoms with Gasteiger partial charge in [-0.2, -0.15) is 0 Å². The first-order valence-electron chi connectivity index (χ1n) is 7.61. The van der Waals surface area contributed by atoms with Crippen LogP contribution >= 0.6 is 0 Å². The van der Waals surface area contributed by atoms with Crippen LogP contribution in [-0.4, -0.2) is 29.8 Å². The minimum absolute atomic E-state index is 0.127. The minimum Gasteiger partial charge on any atom is -0.508 e. The molecule has 0 unspecified atom stereocenters. The monoisotopic (exact) mass is 327 g/mol. The van der Waals surface area contributed by atoms with Crippen LogP contribution in [0.5, 0.6) is 17.2 Å². The van der Waals surface area contributed by atoms with Crippen LogP contribution in [0.3, 0.4) is 0 Å². The number of benzene rings is 2. The standard InChI is InChI=1S/C19H21NO4/c1-13-17(22)11-15(12-18(13)24-2)5-8-19(23)20-10-9-14-3-6-16(21)7-4-14/h3-8,11-12,21-22H,9-10H2,1-2H3,(H,20,23)/b8-5+. The Labute approximate surface area is 141 Å². The van der Waals surface area contributed by atoms with Gasteiger partial charge in [-0.15, -0.1) is 0 Å². The van der Waals surface area contributed by atoms with Crippen molar-refractivity contribution in [1.29, 1.82) is 0 Å². The van der Waals surface area contributed by atoms with Gasteiger partial charge in [0, 0.05) is 18.2 Å². The number of carbonyl (C=O) groups is 1. The third-order valence-electron chi connectivity index (χ3n) is 3.65. The summed E-state index contributed by atoms with van der Waals surface area (Å²) in [5.41, 5.74) is 2.38. The van der Waals surface area contributed by atoms with E-state index in [1.807, 2.05) is 12.1 Å². The number of carbonyl (C=O) groups excluding carboxylic acids is 1. The third-order valence-corrected chi connectivity index (χ3v) is 3.65. The van der Waals surface area contributed by atoms with Crippen molar-refractivity contribution < 1.29 is 19.7 Å². The molecular weight excluding hydrogens is 306 g/mol. The summed E-state index contributed by atoms with van der Waals surface area (Å²) < 4.78 is 5.18. The van der Waals surface area contributed by atoms with E-state index in [4.69, 9.17) is 4.74 Å². The first-order valence-corrected chi connectivity index (χ1v) is 7.61. The fourth-order valence-corrected chi connectivity index (χ4v) is 2.23. The smallest absolute Gasteiger partial charge is 0.244 e. The Morgan fingerprint density at radius 2 is 1.92 bits per heavy atom. The summed E-state index contributed by atoms with van der Waals surface area (Å²) in [7, 11) is 1.53. The molecular formula is C19H21NO4. The van der Waals surface area contributed by atoms with E-state index in [0.717, 1.165) is 5.56 Å². The Bertz CT molecular complexity index is 736. The fraction of sp³-hybridized carbons (Fsp3) is 0.211. The van der Waals surface area contributed by atoms with Gasteiger partial charge in [0.25, 0.3) is 0 Å². The van der Waals surface area contributed by atoms with Gasteiger partial charge in [0.1, 0.15) is 17.2 Å². The predicted molar refractivity (Wildman–Crippen MR) is 93.3 cm³/mol. The van der Waals surface area contributed by atoms with Crippen LogP contribution in [0.2, 0.25) is 0 Å². The highest BCUT2D eigenvalue weighted by Gasteiger charge is 2.05. The predicted octanol–water partition coefficient (Wildman–Crippen LogP) is 2.79. The van der Waals surface area contributed by atoms with Crippen LogP contribution in [-0.2, 0) is 11.2 Å². The zero-order valence-electron chi connectivity index (χ0n) is 13.7. The molecule has 0 aromatic heterocycles. The number of hydrogen-bond donors (Lipinski definition) is 3. The summed E-state index contributed by atoms with van der Waals surface area (Å²) in [6.07, 6.45) is 3.72. The molecule has 0 fully saturated rings. The maximum absolute atomic E-state index is 11.8. The zero-order valence-corrected chi connectivity index (χ0v) is 13.7. The van der Waals surface area contributed by atoms with E-state index in [0.29, 0.717) is 29.8 Å². The first-order chi connectivity index (χ1) is 11.5. The van der Waals surface area contributed by atoms with Gasteiger partial charge in [0.05, 0.1) is 7.11 Å². The molecule has 0 heterocycles. The molecule has 5 heteroatoms. The van der Waals surface area contributed by atoms with E-state index in [-0.39, 0.29) is 17.4 Å². The number of nitrogens with one attached hydrogen (secondary N) is 1. The van der Waals surface area contributed by atoms with Gasteiger partial charge in [-0.25, -0.2) is 0 Å². The van der Waals surface area contributed by atoms with Gasteiger partial charge in [-0.1, -0.05) is 12.1 Å². The zero-order chi connectivity index (χ0) is 17.5. The first kappa shape index (κ1) is 17.4. The second-order valence-corrected chi connectivity index (χ2v) is 5.41. The number of ether oxygens (including phenoxy) is 1. The Kier molecular flexibility index (Phi) is 5.84. The number of amides is 1. The Morgan fingerprint density at radius 1 is 1.21 bits per heavy atom. The molecule has 126 valence electrons. The second-order valence-electron chi connectivity index (χ2n) is 5.41. The molecule has 3 N–H and O–H groups in total. The summed E-state index contributed by atoms with van der Waals surface area (Å²) in [6, 6.07) is 10.2. The third kappa shape index (κ3) is 4.78. The van der Waals surface area contributed by atoms with E-state index in [9.17, 15) is 15.0 Å². The lowest BCUT2D eigenvalue weighted by Gasteiger charge is -2.08. The summed E-state index contributed by atoms with van der Waals surface area (Å²) in [5.74, 6) is 0.708. The largest absolute Gasteiger partial charge is 0.508 e.